The number of nitrogens with one attached hydrogen (secondary N) is 1. The van der Waals surface area contributed by atoms with E-state index in [0.717, 1.165) is 6.54 Å². The van der Waals surface area contributed by atoms with E-state index in [-0.39, 0.29) is 0 Å². The molecule has 2 aliphatic heterocycles. The highest BCUT2D eigenvalue weighted by atomic mass is 15.2. The molecule has 0 saturated carbocycles. The normalized spacial score (nSPS) is 24.8. The Labute approximate surface area is 120 Å². The number of likely N-dealkylation sites (tertiary alicyclic amines) is 1. The molecule has 2 atom stereocenters. The summed E-state index contributed by atoms with van der Waals surface area (Å²) in [5.41, 5.74) is 4.28. The fraction of sp³-hybridized carbons (Fsp3) is 0.333. The zero-order chi connectivity index (χ0) is 13.4. The highest BCUT2D eigenvalue weighted by molar-refractivity contribution is 5.59. The van der Waals surface area contributed by atoms with Crippen molar-refractivity contribution in [3.8, 4) is 0 Å². The summed E-state index contributed by atoms with van der Waals surface area (Å²) in [5, 5.41) is 3.69. The number of fused-ring (bicyclic) bond motifs is 3. The van der Waals surface area contributed by atoms with Crippen LogP contribution in [-0.2, 0) is 6.54 Å². The summed E-state index contributed by atoms with van der Waals surface area (Å²) < 4.78 is 0. The third kappa shape index (κ3) is 2.10. The summed E-state index contributed by atoms with van der Waals surface area (Å²) in [6.07, 6.45) is 1.24. The molecule has 1 N–H and O–H groups in total. The van der Waals surface area contributed by atoms with Crippen LogP contribution in [0, 0.1) is 0 Å². The lowest BCUT2D eigenvalue weighted by molar-refractivity contribution is 0.194. The number of hydrogen-bond donors (Lipinski definition) is 1. The second-order valence-electron chi connectivity index (χ2n) is 5.95. The molecule has 2 aliphatic rings. The summed E-state index contributed by atoms with van der Waals surface area (Å²) in [4.78, 5) is 2.60. The van der Waals surface area contributed by atoms with Crippen LogP contribution in [0.5, 0.6) is 0 Å². The van der Waals surface area contributed by atoms with Crippen molar-refractivity contribution in [2.45, 2.75) is 24.9 Å². The molecule has 2 aromatic carbocycles. The zero-order valence-corrected chi connectivity index (χ0v) is 11.6. The van der Waals surface area contributed by atoms with Crippen LogP contribution in [0.2, 0.25) is 0 Å². The van der Waals surface area contributed by atoms with Gasteiger partial charge in [-0.25, -0.2) is 0 Å². The fourth-order valence-corrected chi connectivity index (χ4v) is 3.64. The van der Waals surface area contributed by atoms with Gasteiger partial charge in [-0.2, -0.15) is 0 Å². The minimum atomic E-state index is 0.638. The quantitative estimate of drug-likeness (QED) is 0.893. The largest absolute Gasteiger partial charge is 0.381 e. The minimum Gasteiger partial charge on any atom is -0.381 e. The van der Waals surface area contributed by atoms with Gasteiger partial charge in [-0.1, -0.05) is 48.5 Å². The molecule has 0 unspecified atom stereocenters. The van der Waals surface area contributed by atoms with Crippen LogP contribution in [-0.4, -0.2) is 24.0 Å². The average molecular weight is 264 g/mol. The number of benzene rings is 2. The summed E-state index contributed by atoms with van der Waals surface area (Å²) in [5.74, 6) is 0.656. The van der Waals surface area contributed by atoms with Gasteiger partial charge in [0.2, 0.25) is 0 Å². The van der Waals surface area contributed by atoms with Crippen LogP contribution in [0.15, 0.2) is 54.6 Å². The van der Waals surface area contributed by atoms with Gasteiger partial charge in [0.15, 0.2) is 0 Å². The maximum atomic E-state index is 3.69. The lowest BCUT2D eigenvalue weighted by Crippen LogP contribution is -2.41. The predicted octanol–water partition coefficient (Wildman–Crippen LogP) is 3.47. The molecule has 102 valence electrons. The van der Waals surface area contributed by atoms with Crippen LogP contribution in [0.3, 0.4) is 0 Å². The Morgan fingerprint density at radius 3 is 2.70 bits per heavy atom. The number of anilines is 1. The molecule has 4 rings (SSSR count). The molecule has 2 nitrogen and oxygen atoms in total. The van der Waals surface area contributed by atoms with Gasteiger partial charge in [-0.05, 0) is 23.6 Å². The van der Waals surface area contributed by atoms with Crippen molar-refractivity contribution in [2.24, 2.45) is 0 Å². The lowest BCUT2D eigenvalue weighted by atomic mass is 9.89. The summed E-state index contributed by atoms with van der Waals surface area (Å²) in [6, 6.07) is 20.3. The van der Waals surface area contributed by atoms with Crippen molar-refractivity contribution >= 4 is 5.69 Å². The van der Waals surface area contributed by atoms with Crippen molar-refractivity contribution in [3.05, 3.63) is 65.7 Å². The first-order chi connectivity index (χ1) is 9.90. The second kappa shape index (κ2) is 4.95. The van der Waals surface area contributed by atoms with E-state index in [9.17, 15) is 0 Å². The SMILES string of the molecule is c1ccc(CN2CC[C@H]3Nc4ccccc4[C@H]3C2)cc1. The number of rotatable bonds is 2. The second-order valence-corrected chi connectivity index (χ2v) is 5.95. The molecule has 0 spiro atoms. The van der Waals surface area contributed by atoms with E-state index < -0.39 is 0 Å². The van der Waals surface area contributed by atoms with Crippen molar-refractivity contribution in [1.29, 1.82) is 0 Å². The smallest absolute Gasteiger partial charge is 0.0379 e. The molecular weight excluding hydrogens is 244 g/mol. The van der Waals surface area contributed by atoms with Gasteiger partial charge in [-0.3, -0.25) is 4.90 Å². The van der Waals surface area contributed by atoms with Crippen LogP contribution >= 0.6 is 0 Å². The van der Waals surface area contributed by atoms with Gasteiger partial charge in [0.05, 0.1) is 0 Å². The Bertz CT molecular complexity index is 593. The number of hydrogen-bond acceptors (Lipinski definition) is 2. The van der Waals surface area contributed by atoms with Crippen LogP contribution in [0.4, 0.5) is 5.69 Å². The molecule has 20 heavy (non-hydrogen) atoms. The van der Waals surface area contributed by atoms with Gasteiger partial charge in [0.1, 0.15) is 0 Å². The number of para-hydroxylation sites is 1. The molecule has 1 saturated heterocycles. The highest BCUT2D eigenvalue weighted by Gasteiger charge is 2.36. The van der Waals surface area contributed by atoms with E-state index in [4.69, 9.17) is 0 Å². The van der Waals surface area contributed by atoms with E-state index in [2.05, 4.69) is 64.8 Å². The van der Waals surface area contributed by atoms with Crippen molar-refractivity contribution < 1.29 is 0 Å². The van der Waals surface area contributed by atoms with Gasteiger partial charge in [0.25, 0.3) is 0 Å². The molecular formula is C18H20N2. The fourth-order valence-electron chi connectivity index (χ4n) is 3.64. The minimum absolute atomic E-state index is 0.638. The van der Waals surface area contributed by atoms with Gasteiger partial charge in [0, 0.05) is 37.3 Å². The van der Waals surface area contributed by atoms with Crippen molar-refractivity contribution in [1.82, 2.24) is 4.90 Å². The van der Waals surface area contributed by atoms with Gasteiger partial charge < -0.3 is 5.32 Å². The molecule has 0 radical (unpaired) electrons. The predicted molar refractivity (Wildman–Crippen MR) is 82.9 cm³/mol. The molecule has 0 aliphatic carbocycles. The van der Waals surface area contributed by atoms with E-state index in [1.54, 1.807) is 0 Å². The Morgan fingerprint density at radius 1 is 1.00 bits per heavy atom. The Balaban J connectivity index is 1.51. The standard InChI is InChI=1S/C18H20N2/c1-2-6-14(7-3-1)12-20-11-10-18-16(13-20)15-8-4-5-9-17(15)19-18/h1-9,16,18-19H,10-13H2/t16-,18-/m1/s1. The Morgan fingerprint density at radius 2 is 1.80 bits per heavy atom. The maximum Gasteiger partial charge on any atom is 0.0379 e. The molecule has 0 amide bonds. The van der Waals surface area contributed by atoms with Crippen LogP contribution in [0.25, 0.3) is 0 Å². The zero-order valence-electron chi connectivity index (χ0n) is 11.6. The number of nitrogens with zero attached hydrogens (tertiary/aromatic N) is 1. The van der Waals surface area contributed by atoms with E-state index in [0.29, 0.717) is 12.0 Å². The maximum absolute atomic E-state index is 3.69. The van der Waals surface area contributed by atoms with Gasteiger partial charge >= 0.3 is 0 Å². The summed E-state index contributed by atoms with van der Waals surface area (Å²) in [7, 11) is 0. The first kappa shape index (κ1) is 12.0. The topological polar surface area (TPSA) is 15.3 Å². The molecule has 0 aromatic heterocycles. The van der Waals surface area contributed by atoms with E-state index in [1.807, 2.05) is 0 Å². The average Bonchev–Trinajstić information content (AvgIpc) is 2.86. The molecule has 2 aromatic rings. The highest BCUT2D eigenvalue weighted by Crippen LogP contribution is 2.40. The van der Waals surface area contributed by atoms with Crippen LogP contribution < -0.4 is 5.32 Å². The van der Waals surface area contributed by atoms with Gasteiger partial charge in [-0.15, -0.1) is 0 Å². The third-order valence-corrected chi connectivity index (χ3v) is 4.65. The van der Waals surface area contributed by atoms with Crippen molar-refractivity contribution in [2.75, 3.05) is 18.4 Å². The monoisotopic (exact) mass is 264 g/mol. The summed E-state index contributed by atoms with van der Waals surface area (Å²) >= 11 is 0. The molecule has 0 bridgehead atoms. The summed E-state index contributed by atoms with van der Waals surface area (Å²) in [6.45, 7) is 3.44. The Hall–Kier alpha value is -1.80. The molecule has 2 heteroatoms. The molecule has 2 heterocycles. The molecule has 1 fully saturated rings. The van der Waals surface area contributed by atoms with Crippen molar-refractivity contribution in [3.63, 3.8) is 0 Å². The van der Waals surface area contributed by atoms with Crippen LogP contribution in [0.1, 0.15) is 23.5 Å². The first-order valence-corrected chi connectivity index (χ1v) is 7.52. The van der Waals surface area contributed by atoms with E-state index >= 15 is 0 Å². The first-order valence-electron chi connectivity index (χ1n) is 7.52. The lowest BCUT2D eigenvalue weighted by Gasteiger charge is -2.35. The number of piperidine rings is 1. The third-order valence-electron chi connectivity index (χ3n) is 4.65. The van der Waals surface area contributed by atoms with E-state index in [1.165, 1.54) is 36.3 Å². The Kier molecular flexibility index (Phi) is 2.96.